The number of benzene rings is 1. The Hall–Kier alpha value is -1.46. The predicted molar refractivity (Wildman–Crippen MR) is 68.4 cm³/mol. The fourth-order valence-corrected chi connectivity index (χ4v) is 2.39. The molecule has 0 aliphatic carbocycles. The molecule has 1 aliphatic rings. The molecule has 5 nitrogen and oxygen atoms in total. The van der Waals surface area contributed by atoms with Gasteiger partial charge in [-0.3, -0.25) is 15.0 Å². The Morgan fingerprint density at radius 2 is 1.83 bits per heavy atom. The maximum absolute atomic E-state index is 10.6. The van der Waals surface area contributed by atoms with E-state index >= 15 is 0 Å². The van der Waals surface area contributed by atoms with Crippen LogP contribution in [0.3, 0.4) is 0 Å². The van der Waals surface area contributed by atoms with E-state index in [0.717, 1.165) is 25.2 Å². The molecule has 1 heterocycles. The van der Waals surface area contributed by atoms with Crippen LogP contribution in [0, 0.1) is 10.1 Å². The summed E-state index contributed by atoms with van der Waals surface area (Å²) in [5.41, 5.74) is 1.24. The zero-order valence-electron chi connectivity index (χ0n) is 10.7. The van der Waals surface area contributed by atoms with Crippen LogP contribution in [0.4, 0.5) is 5.69 Å². The number of nitro benzene ring substituents is 1. The van der Waals surface area contributed by atoms with Gasteiger partial charge in [0.05, 0.1) is 17.1 Å². The Morgan fingerprint density at radius 1 is 1.28 bits per heavy atom. The fraction of sp³-hybridized carbons (Fsp3) is 0.538. The molecule has 0 saturated carbocycles. The first-order valence-corrected chi connectivity index (χ1v) is 6.15. The van der Waals surface area contributed by atoms with E-state index in [0.29, 0.717) is 0 Å². The van der Waals surface area contributed by atoms with Crippen molar-refractivity contribution in [1.82, 2.24) is 4.90 Å². The van der Waals surface area contributed by atoms with Gasteiger partial charge in [0.25, 0.3) is 5.69 Å². The van der Waals surface area contributed by atoms with Crippen LogP contribution in [0.15, 0.2) is 24.3 Å². The number of ether oxygens (including phenoxy) is 1. The molecule has 98 valence electrons. The van der Waals surface area contributed by atoms with Gasteiger partial charge in [-0.2, -0.15) is 0 Å². The van der Waals surface area contributed by atoms with E-state index in [9.17, 15) is 10.1 Å². The molecule has 1 aliphatic heterocycles. The van der Waals surface area contributed by atoms with Crippen LogP contribution in [0.1, 0.15) is 19.4 Å². The van der Waals surface area contributed by atoms with Gasteiger partial charge >= 0.3 is 0 Å². The van der Waals surface area contributed by atoms with Crippen molar-refractivity contribution in [1.29, 1.82) is 0 Å². The molecule has 0 N–H and O–H groups in total. The van der Waals surface area contributed by atoms with Crippen molar-refractivity contribution < 1.29 is 9.66 Å². The van der Waals surface area contributed by atoms with Crippen LogP contribution in [-0.4, -0.2) is 35.1 Å². The van der Waals surface area contributed by atoms with Crippen molar-refractivity contribution in [3.05, 3.63) is 39.9 Å². The van der Waals surface area contributed by atoms with Crippen LogP contribution < -0.4 is 0 Å². The van der Waals surface area contributed by atoms with Gasteiger partial charge in [0.15, 0.2) is 0 Å². The summed E-state index contributed by atoms with van der Waals surface area (Å²) in [4.78, 5) is 12.5. The number of nitrogens with zero attached hydrogens (tertiary/aromatic N) is 2. The van der Waals surface area contributed by atoms with E-state index in [2.05, 4.69) is 18.7 Å². The Bertz CT molecular complexity index is 409. The lowest BCUT2D eigenvalue weighted by Gasteiger charge is -2.35. The third-order valence-corrected chi connectivity index (χ3v) is 3.05. The average Bonchev–Trinajstić information content (AvgIpc) is 2.28. The zero-order chi connectivity index (χ0) is 13.1. The summed E-state index contributed by atoms with van der Waals surface area (Å²) in [5.74, 6) is 0. The lowest BCUT2D eigenvalue weighted by molar-refractivity contribution is -0.384. The van der Waals surface area contributed by atoms with Crippen molar-refractivity contribution in [2.75, 3.05) is 13.1 Å². The van der Waals surface area contributed by atoms with Crippen molar-refractivity contribution in [3.8, 4) is 0 Å². The second-order valence-electron chi connectivity index (χ2n) is 4.87. The molecule has 1 saturated heterocycles. The zero-order valence-corrected chi connectivity index (χ0v) is 10.7. The van der Waals surface area contributed by atoms with E-state index < -0.39 is 0 Å². The molecule has 2 atom stereocenters. The first-order valence-electron chi connectivity index (χ1n) is 6.15. The van der Waals surface area contributed by atoms with Gasteiger partial charge in [-0.1, -0.05) is 12.1 Å². The topological polar surface area (TPSA) is 55.6 Å². The Morgan fingerprint density at radius 3 is 2.33 bits per heavy atom. The molecule has 0 unspecified atom stereocenters. The highest BCUT2D eigenvalue weighted by molar-refractivity contribution is 5.32. The molecule has 1 aromatic rings. The molecule has 0 aromatic heterocycles. The molecule has 0 amide bonds. The van der Waals surface area contributed by atoms with E-state index in [1.54, 1.807) is 12.1 Å². The maximum Gasteiger partial charge on any atom is 0.269 e. The monoisotopic (exact) mass is 250 g/mol. The largest absolute Gasteiger partial charge is 0.373 e. The van der Waals surface area contributed by atoms with Gasteiger partial charge in [0.2, 0.25) is 0 Å². The van der Waals surface area contributed by atoms with E-state index in [1.807, 2.05) is 12.1 Å². The Balaban J connectivity index is 1.98. The number of hydrogen-bond acceptors (Lipinski definition) is 4. The van der Waals surface area contributed by atoms with Gasteiger partial charge in [-0.05, 0) is 19.4 Å². The Labute approximate surface area is 107 Å². The summed E-state index contributed by atoms with van der Waals surface area (Å²) < 4.78 is 5.67. The second kappa shape index (κ2) is 5.46. The van der Waals surface area contributed by atoms with Crippen LogP contribution in [0.2, 0.25) is 0 Å². The summed E-state index contributed by atoms with van der Waals surface area (Å²) in [6.45, 7) is 6.76. The molecule has 0 spiro atoms. The smallest absolute Gasteiger partial charge is 0.269 e. The molecular formula is C13H18N2O3. The summed E-state index contributed by atoms with van der Waals surface area (Å²) in [5, 5.41) is 10.6. The highest BCUT2D eigenvalue weighted by Crippen LogP contribution is 2.16. The molecular weight excluding hydrogens is 232 g/mol. The van der Waals surface area contributed by atoms with Crippen molar-refractivity contribution in [3.63, 3.8) is 0 Å². The van der Waals surface area contributed by atoms with Gasteiger partial charge in [-0.25, -0.2) is 0 Å². The minimum atomic E-state index is -0.372. The van der Waals surface area contributed by atoms with Crippen LogP contribution in [0.25, 0.3) is 0 Å². The molecule has 1 aromatic carbocycles. The summed E-state index contributed by atoms with van der Waals surface area (Å²) >= 11 is 0. The quantitative estimate of drug-likeness (QED) is 0.609. The fourth-order valence-electron chi connectivity index (χ4n) is 2.39. The standard InChI is InChI=1S/C13H18N2O3/c1-10-7-14(8-11(2)18-10)9-12-3-5-13(6-4-12)15(16)17/h3-6,10-11H,7-9H2,1-2H3/t10-,11-/m1/s1. The first-order chi connectivity index (χ1) is 8.54. The lowest BCUT2D eigenvalue weighted by Crippen LogP contribution is -2.44. The van der Waals surface area contributed by atoms with Crippen molar-refractivity contribution in [2.45, 2.75) is 32.6 Å². The third-order valence-electron chi connectivity index (χ3n) is 3.05. The predicted octanol–water partition coefficient (Wildman–Crippen LogP) is 2.20. The SMILES string of the molecule is C[C@@H]1CN(Cc2ccc([N+](=O)[O-])cc2)C[C@@H](C)O1. The normalized spacial score (nSPS) is 25.0. The van der Waals surface area contributed by atoms with Crippen molar-refractivity contribution >= 4 is 5.69 Å². The molecule has 0 bridgehead atoms. The lowest BCUT2D eigenvalue weighted by atomic mass is 10.1. The summed E-state index contributed by atoms with van der Waals surface area (Å²) in [6, 6.07) is 6.76. The molecule has 18 heavy (non-hydrogen) atoms. The molecule has 0 radical (unpaired) electrons. The second-order valence-corrected chi connectivity index (χ2v) is 4.87. The number of rotatable bonds is 3. The highest BCUT2D eigenvalue weighted by atomic mass is 16.6. The molecule has 1 fully saturated rings. The van der Waals surface area contributed by atoms with Crippen LogP contribution >= 0.6 is 0 Å². The summed E-state index contributed by atoms with van der Waals surface area (Å²) in [6.07, 6.45) is 0.485. The first kappa shape index (κ1) is 13.0. The van der Waals surface area contributed by atoms with E-state index in [4.69, 9.17) is 4.74 Å². The average molecular weight is 250 g/mol. The highest BCUT2D eigenvalue weighted by Gasteiger charge is 2.22. The van der Waals surface area contributed by atoms with E-state index in [1.165, 1.54) is 0 Å². The third kappa shape index (κ3) is 3.27. The number of hydrogen-bond donors (Lipinski definition) is 0. The molecule has 2 rings (SSSR count). The minimum absolute atomic E-state index is 0.141. The van der Waals surface area contributed by atoms with Crippen molar-refractivity contribution in [2.24, 2.45) is 0 Å². The number of morpholine rings is 1. The summed E-state index contributed by atoms with van der Waals surface area (Å²) in [7, 11) is 0. The Kier molecular flexibility index (Phi) is 3.93. The van der Waals surface area contributed by atoms with E-state index in [-0.39, 0.29) is 22.8 Å². The minimum Gasteiger partial charge on any atom is -0.373 e. The van der Waals surface area contributed by atoms with Crippen LogP contribution in [0.5, 0.6) is 0 Å². The van der Waals surface area contributed by atoms with Gasteiger partial charge in [-0.15, -0.1) is 0 Å². The van der Waals surface area contributed by atoms with Gasteiger partial charge < -0.3 is 4.74 Å². The molecule has 5 heteroatoms. The maximum atomic E-state index is 10.6. The number of non-ortho nitro benzene ring substituents is 1. The van der Waals surface area contributed by atoms with Gasteiger partial charge in [0.1, 0.15) is 0 Å². The van der Waals surface area contributed by atoms with Crippen LogP contribution in [-0.2, 0) is 11.3 Å². The van der Waals surface area contributed by atoms with Gasteiger partial charge in [0, 0.05) is 31.8 Å². The number of nitro groups is 1.